The van der Waals surface area contributed by atoms with E-state index in [4.69, 9.17) is 23.4 Å². The van der Waals surface area contributed by atoms with Crippen LogP contribution in [0.4, 0.5) is 0 Å². The molecule has 2 aromatic carbocycles. The molecule has 3 heterocycles. The van der Waals surface area contributed by atoms with Crippen molar-refractivity contribution in [1.29, 1.82) is 0 Å². The van der Waals surface area contributed by atoms with Gasteiger partial charge in [0.2, 0.25) is 17.5 Å². The van der Waals surface area contributed by atoms with E-state index < -0.39 is 103 Å². The second-order valence-electron chi connectivity index (χ2n) is 10.1. The molecule has 1 aromatic heterocycles. The van der Waals surface area contributed by atoms with Crippen molar-refractivity contribution < 1.29 is 74.4 Å². The third-order valence-corrected chi connectivity index (χ3v) is 7.25. The van der Waals surface area contributed by atoms with E-state index in [9.17, 15) is 55.9 Å². The summed E-state index contributed by atoms with van der Waals surface area (Å²) in [6.45, 7) is -1.63. The third-order valence-electron chi connectivity index (χ3n) is 7.25. The molecule has 43 heavy (non-hydrogen) atoms. The van der Waals surface area contributed by atoms with Gasteiger partial charge in [-0.05, 0) is 24.3 Å². The zero-order valence-electron chi connectivity index (χ0n) is 22.1. The van der Waals surface area contributed by atoms with Crippen LogP contribution >= 0.6 is 0 Å². The highest BCUT2D eigenvalue weighted by Gasteiger charge is 2.51. The zero-order chi connectivity index (χ0) is 31.2. The van der Waals surface area contributed by atoms with Gasteiger partial charge in [-0.15, -0.1) is 0 Å². The molecule has 0 amide bonds. The highest BCUT2D eigenvalue weighted by Crippen LogP contribution is 2.38. The first-order valence-corrected chi connectivity index (χ1v) is 13.0. The largest absolute Gasteiger partial charge is 0.508 e. The van der Waals surface area contributed by atoms with E-state index in [1.165, 1.54) is 24.3 Å². The summed E-state index contributed by atoms with van der Waals surface area (Å²) in [4.78, 5) is 13.7. The van der Waals surface area contributed by atoms with E-state index in [2.05, 4.69) is 0 Å². The fourth-order valence-corrected chi connectivity index (χ4v) is 4.92. The number of aliphatic hydroxyl groups excluding tert-OH is 7. The van der Waals surface area contributed by atoms with Gasteiger partial charge in [-0.3, -0.25) is 4.79 Å². The normalized spacial score (nSPS) is 33.0. The Hall–Kier alpha value is -3.55. The molecule has 0 unspecified atom stereocenters. The van der Waals surface area contributed by atoms with Gasteiger partial charge >= 0.3 is 0 Å². The van der Waals surface area contributed by atoms with Gasteiger partial charge < -0.3 is 74.4 Å². The summed E-state index contributed by atoms with van der Waals surface area (Å²) >= 11 is 0. The summed E-state index contributed by atoms with van der Waals surface area (Å²) < 4.78 is 28.3. The van der Waals surface area contributed by atoms with Crippen molar-refractivity contribution in [3.8, 4) is 34.3 Å². The lowest BCUT2D eigenvalue weighted by molar-refractivity contribution is -0.358. The van der Waals surface area contributed by atoms with Gasteiger partial charge in [0.15, 0.2) is 18.2 Å². The number of benzene rings is 2. The maximum atomic E-state index is 13.7. The number of phenols is 3. The Balaban J connectivity index is 1.60. The first kappa shape index (κ1) is 30.9. The van der Waals surface area contributed by atoms with Crippen molar-refractivity contribution in [3.63, 3.8) is 0 Å². The Morgan fingerprint density at radius 3 is 1.95 bits per heavy atom. The summed E-state index contributed by atoms with van der Waals surface area (Å²) in [6, 6.07) is 7.20. The van der Waals surface area contributed by atoms with E-state index in [1.54, 1.807) is 0 Å². The van der Waals surface area contributed by atoms with Crippen molar-refractivity contribution >= 4 is 11.0 Å². The van der Waals surface area contributed by atoms with E-state index >= 15 is 0 Å². The second-order valence-corrected chi connectivity index (χ2v) is 10.1. The molecule has 5 rings (SSSR count). The molecule has 2 fully saturated rings. The number of phenolic OH excluding ortho intramolecular Hbond substituents is 3. The molecule has 16 nitrogen and oxygen atoms in total. The van der Waals surface area contributed by atoms with Gasteiger partial charge in [0.25, 0.3) is 0 Å². The quantitative estimate of drug-likeness (QED) is 0.133. The van der Waals surface area contributed by atoms with Gasteiger partial charge in [0.05, 0.1) is 13.2 Å². The van der Waals surface area contributed by atoms with Crippen molar-refractivity contribution in [2.24, 2.45) is 0 Å². The Morgan fingerprint density at radius 1 is 0.721 bits per heavy atom. The number of hydrogen-bond donors (Lipinski definition) is 10. The zero-order valence-corrected chi connectivity index (χ0v) is 22.1. The molecule has 2 aliphatic heterocycles. The van der Waals surface area contributed by atoms with Gasteiger partial charge in [0.1, 0.15) is 70.9 Å². The molecule has 234 valence electrons. The minimum Gasteiger partial charge on any atom is -0.508 e. The summed E-state index contributed by atoms with van der Waals surface area (Å²) in [5.74, 6) is -2.15. The SMILES string of the molecule is O=c1c(O[C@@H]2O[C@H](CO)[C@@H](O)[C@H](O)[C@H]2O[C@@H]2O[C@H](CO)[C@H](O)[C@H](O)[C@H]2O)c(-c2ccc(O)cc2)oc2cc(O)cc(O)c12. The second kappa shape index (κ2) is 12.2. The summed E-state index contributed by atoms with van der Waals surface area (Å²) in [7, 11) is 0. The van der Waals surface area contributed by atoms with Crippen molar-refractivity contribution in [1.82, 2.24) is 0 Å². The van der Waals surface area contributed by atoms with Crippen LogP contribution in [0, 0.1) is 0 Å². The first-order valence-electron chi connectivity index (χ1n) is 13.0. The maximum absolute atomic E-state index is 13.7. The van der Waals surface area contributed by atoms with Crippen LogP contribution in [0.2, 0.25) is 0 Å². The first-order chi connectivity index (χ1) is 20.4. The van der Waals surface area contributed by atoms with Crippen LogP contribution in [0.3, 0.4) is 0 Å². The molecule has 0 saturated carbocycles. The molecule has 2 saturated heterocycles. The number of ether oxygens (including phenoxy) is 4. The van der Waals surface area contributed by atoms with Crippen LogP contribution in [-0.2, 0) is 14.2 Å². The summed E-state index contributed by atoms with van der Waals surface area (Å²) in [6.07, 6.45) is -17.7. The standard InChI is InChI=1S/C27H30O16/c28-7-14-17(33)20(36)22(38)26(40-14)43-25-21(37)18(34)15(8-29)41-27(25)42-24-19(35)16-12(32)5-11(31)6-13(16)39-23(24)9-1-3-10(30)4-2-9/h1-6,14-15,17-18,20-22,25-34,36-38H,7-8H2/t14-,15-,17+,18-,20+,21+,22-,25-,26+,27+/m1/s1. The fraction of sp³-hybridized carbons (Fsp3) is 0.444. The predicted molar refractivity (Wildman–Crippen MR) is 140 cm³/mol. The monoisotopic (exact) mass is 610 g/mol. The average Bonchev–Trinajstić information content (AvgIpc) is 2.97. The minimum atomic E-state index is -1.93. The van der Waals surface area contributed by atoms with E-state index in [0.717, 1.165) is 12.1 Å². The molecule has 10 atom stereocenters. The Bertz CT molecular complexity index is 1490. The van der Waals surface area contributed by atoms with Gasteiger partial charge in [0, 0.05) is 17.7 Å². The topological polar surface area (TPSA) is 269 Å². The van der Waals surface area contributed by atoms with Crippen LogP contribution in [-0.4, -0.2) is 126 Å². The highest BCUT2D eigenvalue weighted by atomic mass is 16.8. The molecule has 3 aromatic rings. The molecule has 0 bridgehead atoms. The van der Waals surface area contributed by atoms with E-state index in [-0.39, 0.29) is 22.7 Å². The highest BCUT2D eigenvalue weighted by molar-refractivity contribution is 5.88. The van der Waals surface area contributed by atoms with Crippen LogP contribution in [0.5, 0.6) is 23.0 Å². The van der Waals surface area contributed by atoms with Crippen LogP contribution < -0.4 is 10.2 Å². The van der Waals surface area contributed by atoms with Crippen molar-refractivity contribution in [3.05, 3.63) is 46.6 Å². The number of rotatable bonds is 7. The van der Waals surface area contributed by atoms with Crippen LogP contribution in [0.1, 0.15) is 0 Å². The molecule has 16 heteroatoms. The van der Waals surface area contributed by atoms with Crippen LogP contribution in [0.25, 0.3) is 22.3 Å². The van der Waals surface area contributed by atoms with Crippen molar-refractivity contribution in [2.45, 2.75) is 61.4 Å². The maximum Gasteiger partial charge on any atom is 0.239 e. The molecule has 0 spiro atoms. The molecular formula is C27H30O16. The Labute approximate surface area is 241 Å². The Morgan fingerprint density at radius 2 is 1.33 bits per heavy atom. The molecular weight excluding hydrogens is 580 g/mol. The lowest BCUT2D eigenvalue weighted by Gasteiger charge is -2.45. The van der Waals surface area contributed by atoms with E-state index in [1.807, 2.05) is 0 Å². The molecule has 0 radical (unpaired) electrons. The van der Waals surface area contributed by atoms with Gasteiger partial charge in [-0.25, -0.2) is 0 Å². The molecule has 2 aliphatic rings. The van der Waals surface area contributed by atoms with Gasteiger partial charge in [-0.1, -0.05) is 0 Å². The summed E-state index contributed by atoms with van der Waals surface area (Å²) in [5.41, 5.74) is -1.07. The Kier molecular flexibility index (Phi) is 8.77. The van der Waals surface area contributed by atoms with Crippen molar-refractivity contribution in [2.75, 3.05) is 13.2 Å². The molecule has 0 aliphatic carbocycles. The third kappa shape index (κ3) is 5.73. The van der Waals surface area contributed by atoms with E-state index in [0.29, 0.717) is 0 Å². The lowest BCUT2D eigenvalue weighted by Crippen LogP contribution is -2.65. The number of aromatic hydroxyl groups is 3. The predicted octanol–water partition coefficient (Wildman–Crippen LogP) is -2.42. The number of hydrogen-bond acceptors (Lipinski definition) is 16. The lowest BCUT2D eigenvalue weighted by atomic mass is 9.97. The number of aliphatic hydroxyl groups is 7. The fourth-order valence-electron chi connectivity index (χ4n) is 4.92. The smallest absolute Gasteiger partial charge is 0.239 e. The number of fused-ring (bicyclic) bond motifs is 1. The minimum absolute atomic E-state index is 0.129. The van der Waals surface area contributed by atoms with Gasteiger partial charge in [-0.2, -0.15) is 0 Å². The average molecular weight is 611 g/mol. The summed E-state index contributed by atoms with van der Waals surface area (Å²) in [5, 5.41) is 101. The molecule has 10 N–H and O–H groups in total. The van der Waals surface area contributed by atoms with Crippen LogP contribution in [0.15, 0.2) is 45.6 Å².